The van der Waals surface area contributed by atoms with Crippen molar-refractivity contribution in [1.82, 2.24) is 0 Å². The molecule has 0 aliphatic carbocycles. The summed E-state index contributed by atoms with van der Waals surface area (Å²) in [6.07, 6.45) is 5.56. The van der Waals surface area contributed by atoms with E-state index in [0.29, 0.717) is 33.9 Å². The SMILES string of the molecule is CC1(C)C(/C=C/C=C2\N(CCCS(=O)(=O)O)c3ccc([N+](=O)[O-])cc3C2(C)C)=[N+](CCCS(=O)(=O)O)c2ccc([N+](=O)[O-])cc21. The van der Waals surface area contributed by atoms with Gasteiger partial charge in [0.1, 0.15) is 6.54 Å². The third-order valence-electron chi connectivity index (χ3n) is 8.25. The van der Waals surface area contributed by atoms with Crippen LogP contribution in [0.5, 0.6) is 0 Å². The molecule has 242 valence electrons. The van der Waals surface area contributed by atoms with Crippen molar-refractivity contribution in [3.05, 3.63) is 91.7 Å². The first kappa shape index (κ1) is 33.9. The molecule has 0 unspecified atom stereocenters. The Morgan fingerprint density at radius 3 is 1.98 bits per heavy atom. The summed E-state index contributed by atoms with van der Waals surface area (Å²) in [5.74, 6) is -0.936. The number of nitro benzene ring substituents is 2. The molecule has 2 aliphatic heterocycles. The van der Waals surface area contributed by atoms with Gasteiger partial charge >= 0.3 is 0 Å². The molecular weight excluding hydrogens is 628 g/mol. The summed E-state index contributed by atoms with van der Waals surface area (Å²) < 4.78 is 66.1. The van der Waals surface area contributed by atoms with Crippen LogP contribution in [0.1, 0.15) is 51.7 Å². The minimum atomic E-state index is -4.21. The van der Waals surface area contributed by atoms with Crippen molar-refractivity contribution in [2.45, 2.75) is 51.4 Å². The number of fused-ring (bicyclic) bond motifs is 2. The zero-order chi connectivity index (χ0) is 33.5. The van der Waals surface area contributed by atoms with Crippen LogP contribution in [0.3, 0.4) is 0 Å². The lowest BCUT2D eigenvalue weighted by atomic mass is 9.81. The quantitative estimate of drug-likeness (QED) is 0.138. The van der Waals surface area contributed by atoms with Crippen molar-refractivity contribution in [1.29, 1.82) is 0 Å². The van der Waals surface area contributed by atoms with E-state index in [1.807, 2.05) is 49.3 Å². The van der Waals surface area contributed by atoms with Gasteiger partial charge < -0.3 is 4.90 Å². The standard InChI is InChI=1S/C29H34N4O10S2/c1-28(2)22-18-20(32(34)35)10-12-24(22)30(14-6-16-44(38,39)40)26(28)8-5-9-27-29(3,4)23-19-21(33(36)37)11-13-25(23)31(27)15-7-17-45(41,42)43/h5,8-13,18-19H,6-7,14-17H2,1-4H3,(H-,38,39,40,41,42,43)/p+1. The summed E-state index contributed by atoms with van der Waals surface area (Å²) in [5.41, 5.74) is 2.45. The number of benzene rings is 2. The maximum Gasteiger partial charge on any atom is 0.270 e. The molecule has 0 saturated heterocycles. The number of non-ortho nitro benzene ring substituents is 2. The average Bonchev–Trinajstić information content (AvgIpc) is 3.25. The van der Waals surface area contributed by atoms with Gasteiger partial charge in [-0.2, -0.15) is 21.4 Å². The van der Waals surface area contributed by atoms with Crippen LogP contribution in [0.2, 0.25) is 0 Å². The number of anilines is 1. The Morgan fingerprint density at radius 1 is 0.844 bits per heavy atom. The van der Waals surface area contributed by atoms with E-state index >= 15 is 0 Å². The summed E-state index contributed by atoms with van der Waals surface area (Å²) in [6.45, 7) is 7.96. The van der Waals surface area contributed by atoms with Gasteiger partial charge in [-0.3, -0.25) is 29.3 Å². The fourth-order valence-electron chi connectivity index (χ4n) is 6.08. The summed E-state index contributed by atoms with van der Waals surface area (Å²) in [7, 11) is -8.42. The molecule has 0 fully saturated rings. The molecule has 14 nitrogen and oxygen atoms in total. The molecule has 0 saturated carbocycles. The van der Waals surface area contributed by atoms with Crippen LogP contribution in [0.4, 0.5) is 22.7 Å². The smallest absolute Gasteiger partial charge is 0.270 e. The van der Waals surface area contributed by atoms with E-state index in [2.05, 4.69) is 0 Å². The van der Waals surface area contributed by atoms with E-state index in [9.17, 15) is 46.2 Å². The van der Waals surface area contributed by atoms with E-state index in [1.54, 1.807) is 18.2 Å². The second-order valence-electron chi connectivity index (χ2n) is 12.0. The Morgan fingerprint density at radius 2 is 1.40 bits per heavy atom. The monoisotopic (exact) mass is 663 g/mol. The fourth-order valence-corrected chi connectivity index (χ4v) is 7.06. The first-order valence-electron chi connectivity index (χ1n) is 14.0. The van der Waals surface area contributed by atoms with Crippen molar-refractivity contribution in [3.63, 3.8) is 0 Å². The number of nitro groups is 2. The van der Waals surface area contributed by atoms with E-state index in [-0.39, 0.29) is 37.3 Å². The normalized spacial score (nSPS) is 18.1. The molecule has 2 heterocycles. The topological polar surface area (TPSA) is 201 Å². The number of hydrogen-bond acceptors (Lipinski definition) is 9. The highest BCUT2D eigenvalue weighted by Gasteiger charge is 2.45. The molecule has 2 aromatic rings. The molecule has 0 bridgehead atoms. The minimum absolute atomic E-state index is 0.0897. The second-order valence-corrected chi connectivity index (χ2v) is 15.2. The Balaban J connectivity index is 1.79. The van der Waals surface area contributed by atoms with Gasteiger partial charge in [0.2, 0.25) is 5.69 Å². The lowest BCUT2D eigenvalue weighted by Crippen LogP contribution is -2.29. The Bertz CT molecular complexity index is 1880. The van der Waals surface area contributed by atoms with Gasteiger partial charge in [-0.1, -0.05) is 19.9 Å². The molecule has 2 N–H and O–H groups in total. The molecule has 0 spiro atoms. The first-order valence-corrected chi connectivity index (χ1v) is 17.3. The molecule has 2 aliphatic rings. The number of allylic oxidation sites excluding steroid dienone is 4. The first-order chi connectivity index (χ1) is 20.7. The van der Waals surface area contributed by atoms with Gasteiger partial charge in [0.25, 0.3) is 31.6 Å². The van der Waals surface area contributed by atoms with Gasteiger partial charge in [0.05, 0.1) is 26.8 Å². The number of rotatable bonds is 12. The van der Waals surface area contributed by atoms with Crippen molar-refractivity contribution >= 4 is 48.7 Å². The molecular formula is C29H35N4O10S2+. The molecule has 16 heteroatoms. The summed E-state index contributed by atoms with van der Waals surface area (Å²) in [6, 6.07) is 8.96. The number of nitrogens with zero attached hydrogens (tertiary/aromatic N) is 4. The van der Waals surface area contributed by atoms with E-state index in [0.717, 1.165) is 0 Å². The average molecular weight is 664 g/mol. The van der Waals surface area contributed by atoms with Gasteiger partial charge in [-0.25, -0.2) is 0 Å². The van der Waals surface area contributed by atoms with Gasteiger partial charge in [-0.05, 0) is 38.0 Å². The summed E-state index contributed by atoms with van der Waals surface area (Å²) in [4.78, 5) is 23.9. The highest BCUT2D eigenvalue weighted by molar-refractivity contribution is 7.86. The van der Waals surface area contributed by atoms with Gasteiger partial charge in [-0.15, -0.1) is 0 Å². The van der Waals surface area contributed by atoms with Crippen molar-refractivity contribution in [3.8, 4) is 0 Å². The predicted octanol–water partition coefficient (Wildman–Crippen LogP) is 4.67. The molecule has 2 aromatic carbocycles. The zero-order valence-electron chi connectivity index (χ0n) is 25.2. The minimum Gasteiger partial charge on any atom is -0.344 e. The lowest BCUT2D eigenvalue weighted by Gasteiger charge is -2.27. The lowest BCUT2D eigenvalue weighted by molar-refractivity contribution is -0.437. The predicted molar refractivity (Wildman–Crippen MR) is 169 cm³/mol. The maximum absolute atomic E-state index is 11.5. The zero-order valence-corrected chi connectivity index (χ0v) is 26.8. The van der Waals surface area contributed by atoms with Crippen LogP contribution in [0.25, 0.3) is 0 Å². The van der Waals surface area contributed by atoms with Crippen molar-refractivity contribution in [2.24, 2.45) is 0 Å². The third kappa shape index (κ3) is 7.13. The Hall–Kier alpha value is -3.99. The van der Waals surface area contributed by atoms with E-state index in [4.69, 9.17) is 0 Å². The molecule has 0 radical (unpaired) electrons. The maximum atomic E-state index is 11.5. The third-order valence-corrected chi connectivity index (χ3v) is 9.86. The Labute approximate surface area is 261 Å². The molecule has 0 atom stereocenters. The van der Waals surface area contributed by atoms with Gasteiger partial charge in [0, 0.05) is 71.7 Å². The largest absolute Gasteiger partial charge is 0.344 e. The summed E-state index contributed by atoms with van der Waals surface area (Å²) >= 11 is 0. The highest BCUT2D eigenvalue weighted by Crippen LogP contribution is 2.49. The van der Waals surface area contributed by atoms with E-state index in [1.165, 1.54) is 24.3 Å². The summed E-state index contributed by atoms with van der Waals surface area (Å²) in [5, 5.41) is 23.1. The fraction of sp³-hybridized carbons (Fsp3) is 0.414. The van der Waals surface area contributed by atoms with Crippen LogP contribution < -0.4 is 4.90 Å². The molecule has 0 aromatic heterocycles. The van der Waals surface area contributed by atoms with Crippen LogP contribution in [0, 0.1) is 20.2 Å². The van der Waals surface area contributed by atoms with Crippen molar-refractivity contribution in [2.75, 3.05) is 29.5 Å². The van der Waals surface area contributed by atoms with E-state index < -0.39 is 52.4 Å². The van der Waals surface area contributed by atoms with Crippen LogP contribution in [-0.2, 0) is 31.1 Å². The van der Waals surface area contributed by atoms with Crippen molar-refractivity contribution < 1.29 is 40.4 Å². The molecule has 4 rings (SSSR count). The highest BCUT2D eigenvalue weighted by atomic mass is 32.2. The van der Waals surface area contributed by atoms with Crippen LogP contribution in [-0.4, -0.2) is 70.7 Å². The van der Waals surface area contributed by atoms with Crippen LogP contribution in [0.15, 0.2) is 60.3 Å². The van der Waals surface area contributed by atoms with Gasteiger partial charge in [0.15, 0.2) is 5.71 Å². The van der Waals surface area contributed by atoms with Crippen LogP contribution >= 0.6 is 0 Å². The number of hydrogen-bond donors (Lipinski definition) is 2. The molecule has 45 heavy (non-hydrogen) atoms. The molecule has 0 amide bonds. The second kappa shape index (κ2) is 12.1. The Kier molecular flexibility index (Phi) is 9.09.